The van der Waals surface area contributed by atoms with Gasteiger partial charge >= 0.3 is 0 Å². The molecule has 1 unspecified atom stereocenters. The molecule has 1 aromatic rings. The van der Waals surface area contributed by atoms with E-state index in [1.165, 1.54) is 17.5 Å². The zero-order valence-corrected chi connectivity index (χ0v) is 11.2. The first-order valence-electron chi connectivity index (χ1n) is 6.21. The van der Waals surface area contributed by atoms with Crippen LogP contribution in [0, 0.1) is 12.8 Å². The molecule has 0 N–H and O–H groups in total. The van der Waals surface area contributed by atoms with Gasteiger partial charge in [-0.15, -0.1) is 0 Å². The third-order valence-corrected chi connectivity index (χ3v) is 2.75. The maximum atomic E-state index is 2.30. The molecule has 0 saturated carbocycles. The Morgan fingerprint density at radius 1 is 1.00 bits per heavy atom. The third kappa shape index (κ3) is 4.51. The molecule has 0 heteroatoms. The van der Waals surface area contributed by atoms with E-state index in [2.05, 4.69) is 52.0 Å². The van der Waals surface area contributed by atoms with Gasteiger partial charge in [0.05, 0.1) is 0 Å². The molecule has 0 aliphatic rings. The minimum Gasteiger partial charge on any atom is -0.0683 e. The maximum absolute atomic E-state index is 2.30. The molecule has 0 aliphatic carbocycles. The Balaban J connectivity index is 0.000000921. The van der Waals surface area contributed by atoms with Crippen molar-refractivity contribution in [2.75, 3.05) is 0 Å². The molecule has 0 spiro atoms. The molecule has 1 aromatic carbocycles. The van der Waals surface area contributed by atoms with Gasteiger partial charge in [0.25, 0.3) is 0 Å². The summed E-state index contributed by atoms with van der Waals surface area (Å²) in [6.45, 7) is 13.0. The van der Waals surface area contributed by atoms with Crippen molar-refractivity contribution in [2.24, 2.45) is 5.92 Å². The van der Waals surface area contributed by atoms with Gasteiger partial charge in [-0.05, 0) is 30.7 Å². The number of hydrogen-bond acceptors (Lipinski definition) is 0. The fraction of sp³-hybridized carbons (Fsp3) is 0.600. The lowest BCUT2D eigenvalue weighted by Gasteiger charge is -2.19. The Morgan fingerprint density at radius 3 is 1.80 bits per heavy atom. The van der Waals surface area contributed by atoms with Crippen LogP contribution in [0.4, 0.5) is 0 Å². The van der Waals surface area contributed by atoms with E-state index in [9.17, 15) is 0 Å². The summed E-state index contributed by atoms with van der Waals surface area (Å²) in [4.78, 5) is 0. The average molecular weight is 206 g/mol. The summed E-state index contributed by atoms with van der Waals surface area (Å²) in [6, 6.07) is 8.95. The van der Waals surface area contributed by atoms with Gasteiger partial charge in [0.1, 0.15) is 0 Å². The molecule has 1 rings (SSSR count). The predicted octanol–water partition coefficient (Wildman–Crippen LogP) is 5.17. The first-order valence-corrected chi connectivity index (χ1v) is 6.21. The Morgan fingerprint density at radius 2 is 1.47 bits per heavy atom. The first kappa shape index (κ1) is 14.2. The highest BCUT2D eigenvalue weighted by atomic mass is 14.2. The highest BCUT2D eigenvalue weighted by Gasteiger charge is 2.12. The van der Waals surface area contributed by atoms with Crippen molar-refractivity contribution in [1.82, 2.24) is 0 Å². The molecule has 86 valence electrons. The summed E-state index contributed by atoms with van der Waals surface area (Å²) >= 11 is 0. The van der Waals surface area contributed by atoms with Crippen LogP contribution >= 0.6 is 0 Å². The second-order valence-corrected chi connectivity index (χ2v) is 4.17. The van der Waals surface area contributed by atoms with Crippen LogP contribution in [0.1, 0.15) is 58.1 Å². The lowest BCUT2D eigenvalue weighted by Crippen LogP contribution is -2.05. The van der Waals surface area contributed by atoms with Crippen molar-refractivity contribution >= 4 is 0 Å². The summed E-state index contributed by atoms with van der Waals surface area (Å²) in [5.74, 6) is 1.47. The number of rotatable bonds is 3. The first-order chi connectivity index (χ1) is 7.15. The van der Waals surface area contributed by atoms with E-state index in [1.54, 1.807) is 0 Å². The van der Waals surface area contributed by atoms with E-state index in [4.69, 9.17) is 0 Å². The van der Waals surface area contributed by atoms with E-state index >= 15 is 0 Å². The quantitative estimate of drug-likeness (QED) is 0.640. The van der Waals surface area contributed by atoms with Gasteiger partial charge in [-0.3, -0.25) is 0 Å². The van der Waals surface area contributed by atoms with Gasteiger partial charge in [0, 0.05) is 0 Å². The SMILES string of the molecule is CC.CCC(c1ccc(C)cc1)C(C)C. The largest absolute Gasteiger partial charge is 0.0683 e. The van der Waals surface area contributed by atoms with Crippen LogP contribution in [-0.2, 0) is 0 Å². The van der Waals surface area contributed by atoms with Crippen LogP contribution in [0.5, 0.6) is 0 Å². The molecule has 0 saturated heterocycles. The van der Waals surface area contributed by atoms with E-state index < -0.39 is 0 Å². The summed E-state index contributed by atoms with van der Waals surface area (Å²) in [7, 11) is 0. The summed E-state index contributed by atoms with van der Waals surface area (Å²) in [5.41, 5.74) is 2.84. The average Bonchev–Trinajstić information content (AvgIpc) is 2.24. The minimum atomic E-state index is 0.723. The van der Waals surface area contributed by atoms with Crippen LogP contribution in [0.15, 0.2) is 24.3 Å². The number of aryl methyl sites for hydroxylation is 1. The van der Waals surface area contributed by atoms with Crippen molar-refractivity contribution in [2.45, 2.75) is 53.9 Å². The highest BCUT2D eigenvalue weighted by molar-refractivity contribution is 5.24. The molecule has 0 nitrogen and oxygen atoms in total. The van der Waals surface area contributed by atoms with E-state index in [0.29, 0.717) is 0 Å². The van der Waals surface area contributed by atoms with Crippen LogP contribution in [0.25, 0.3) is 0 Å². The van der Waals surface area contributed by atoms with Crippen LogP contribution in [0.2, 0.25) is 0 Å². The van der Waals surface area contributed by atoms with Crippen LogP contribution < -0.4 is 0 Å². The van der Waals surface area contributed by atoms with Crippen LogP contribution in [-0.4, -0.2) is 0 Å². The molecule has 0 aliphatic heterocycles. The summed E-state index contributed by atoms with van der Waals surface area (Å²) < 4.78 is 0. The summed E-state index contributed by atoms with van der Waals surface area (Å²) in [5, 5.41) is 0. The molecule has 15 heavy (non-hydrogen) atoms. The van der Waals surface area contributed by atoms with Gasteiger partial charge in [0.15, 0.2) is 0 Å². The van der Waals surface area contributed by atoms with E-state index in [1.807, 2.05) is 13.8 Å². The van der Waals surface area contributed by atoms with Gasteiger partial charge in [-0.2, -0.15) is 0 Å². The molecule has 0 fully saturated rings. The second-order valence-electron chi connectivity index (χ2n) is 4.17. The topological polar surface area (TPSA) is 0 Å². The fourth-order valence-corrected chi connectivity index (χ4v) is 1.91. The molecule has 0 bridgehead atoms. The second kappa shape index (κ2) is 7.50. The van der Waals surface area contributed by atoms with Crippen molar-refractivity contribution in [3.8, 4) is 0 Å². The molecule has 0 heterocycles. The zero-order chi connectivity index (χ0) is 11.8. The summed E-state index contributed by atoms with van der Waals surface area (Å²) in [6.07, 6.45) is 1.24. The molecular weight excluding hydrogens is 180 g/mol. The van der Waals surface area contributed by atoms with E-state index in [-0.39, 0.29) is 0 Å². The smallest absolute Gasteiger partial charge is 0.0141 e. The molecule has 0 aromatic heterocycles. The van der Waals surface area contributed by atoms with Gasteiger partial charge in [0.2, 0.25) is 0 Å². The lowest BCUT2D eigenvalue weighted by molar-refractivity contribution is 0.485. The monoisotopic (exact) mass is 206 g/mol. The van der Waals surface area contributed by atoms with Gasteiger partial charge < -0.3 is 0 Å². The predicted molar refractivity (Wildman–Crippen MR) is 70.4 cm³/mol. The minimum absolute atomic E-state index is 0.723. The normalized spacial score (nSPS) is 11.9. The van der Waals surface area contributed by atoms with Crippen molar-refractivity contribution in [3.05, 3.63) is 35.4 Å². The number of benzene rings is 1. The van der Waals surface area contributed by atoms with Gasteiger partial charge in [-0.25, -0.2) is 0 Å². The zero-order valence-electron chi connectivity index (χ0n) is 11.2. The van der Waals surface area contributed by atoms with Crippen molar-refractivity contribution in [3.63, 3.8) is 0 Å². The standard InChI is InChI=1S/C13H20.C2H6/c1-5-13(10(2)3)12-8-6-11(4)7-9-12;1-2/h6-10,13H,5H2,1-4H3;1-2H3. The third-order valence-electron chi connectivity index (χ3n) is 2.75. The molecule has 0 radical (unpaired) electrons. The maximum Gasteiger partial charge on any atom is -0.0141 e. The Hall–Kier alpha value is -0.780. The fourth-order valence-electron chi connectivity index (χ4n) is 1.91. The molecule has 0 amide bonds. The molecular formula is C15H26. The van der Waals surface area contributed by atoms with Crippen molar-refractivity contribution in [1.29, 1.82) is 0 Å². The number of hydrogen-bond donors (Lipinski definition) is 0. The van der Waals surface area contributed by atoms with Crippen molar-refractivity contribution < 1.29 is 0 Å². The lowest BCUT2D eigenvalue weighted by atomic mass is 9.86. The Labute approximate surface area is 95.7 Å². The Bertz CT molecular complexity index is 243. The Kier molecular flexibility index (Phi) is 7.11. The van der Waals surface area contributed by atoms with Gasteiger partial charge in [-0.1, -0.05) is 64.4 Å². The van der Waals surface area contributed by atoms with Crippen LogP contribution in [0.3, 0.4) is 0 Å². The van der Waals surface area contributed by atoms with E-state index in [0.717, 1.165) is 11.8 Å². The highest BCUT2D eigenvalue weighted by Crippen LogP contribution is 2.27. The molecule has 1 atom stereocenters.